The molecule has 1 atom stereocenters. The van der Waals surface area contributed by atoms with Crippen molar-refractivity contribution in [1.82, 2.24) is 10.3 Å². The van der Waals surface area contributed by atoms with Crippen LogP contribution in [0.15, 0.2) is 0 Å². The highest BCUT2D eigenvalue weighted by Gasteiger charge is 2.32. The van der Waals surface area contributed by atoms with Crippen LogP contribution in [0.3, 0.4) is 0 Å². The van der Waals surface area contributed by atoms with E-state index in [1.807, 2.05) is 0 Å². The van der Waals surface area contributed by atoms with Crippen LogP contribution in [0.25, 0.3) is 0 Å². The van der Waals surface area contributed by atoms with Crippen LogP contribution < -0.4 is 11.3 Å². The Balaban J connectivity index is 2.35. The van der Waals surface area contributed by atoms with Crippen LogP contribution in [0, 0.1) is 0 Å². The molecule has 3 N–H and O–H groups in total. The van der Waals surface area contributed by atoms with Crippen molar-refractivity contribution in [3.8, 4) is 0 Å². The summed E-state index contributed by atoms with van der Waals surface area (Å²) in [6.07, 6.45) is 3.05. The predicted molar refractivity (Wildman–Crippen MR) is 82.9 cm³/mol. The molecule has 118 valence electrons. The Morgan fingerprint density at radius 2 is 2.15 bits per heavy atom. The van der Waals surface area contributed by atoms with E-state index >= 15 is 0 Å². The SMILES string of the molecule is CCS(=O)(=O)C1CSCCN1CCCCCC(=O)NN. The van der Waals surface area contributed by atoms with Gasteiger partial charge >= 0.3 is 0 Å². The summed E-state index contributed by atoms with van der Waals surface area (Å²) < 4.78 is 24.1. The lowest BCUT2D eigenvalue weighted by Crippen LogP contribution is -2.48. The van der Waals surface area contributed by atoms with Gasteiger partial charge in [-0.05, 0) is 19.4 Å². The van der Waals surface area contributed by atoms with Gasteiger partial charge in [0.05, 0.1) is 0 Å². The Bertz CT molecular complexity index is 401. The van der Waals surface area contributed by atoms with Gasteiger partial charge < -0.3 is 0 Å². The van der Waals surface area contributed by atoms with Crippen LogP contribution in [0.2, 0.25) is 0 Å². The van der Waals surface area contributed by atoms with Gasteiger partial charge in [-0.2, -0.15) is 11.8 Å². The van der Waals surface area contributed by atoms with Crippen LogP contribution >= 0.6 is 11.8 Å². The maximum Gasteiger partial charge on any atom is 0.233 e. The molecule has 0 aliphatic carbocycles. The number of nitrogens with one attached hydrogen (secondary N) is 1. The van der Waals surface area contributed by atoms with E-state index in [1.165, 1.54) is 0 Å². The minimum atomic E-state index is -3.01. The molecule has 0 aromatic carbocycles. The zero-order valence-corrected chi connectivity index (χ0v) is 13.6. The molecule has 1 aliphatic heterocycles. The summed E-state index contributed by atoms with van der Waals surface area (Å²) in [6.45, 7) is 3.32. The lowest BCUT2D eigenvalue weighted by molar-refractivity contribution is -0.121. The minimum absolute atomic E-state index is 0.147. The van der Waals surface area contributed by atoms with Crippen LogP contribution in [0.1, 0.15) is 32.6 Å². The molecule has 0 spiro atoms. The predicted octanol–water partition coefficient (Wildman–Crippen LogP) is 0.346. The Hall–Kier alpha value is -0.310. The summed E-state index contributed by atoms with van der Waals surface area (Å²) in [5.74, 6) is 6.72. The second-order valence-corrected chi connectivity index (χ2v) is 8.49. The van der Waals surface area contributed by atoms with Crippen molar-refractivity contribution in [3.05, 3.63) is 0 Å². The van der Waals surface area contributed by atoms with Gasteiger partial charge in [0.2, 0.25) is 5.91 Å². The Labute approximate surface area is 125 Å². The maximum absolute atomic E-state index is 12.1. The molecule has 0 radical (unpaired) electrons. The van der Waals surface area contributed by atoms with Gasteiger partial charge in [-0.15, -0.1) is 0 Å². The van der Waals surface area contributed by atoms with Crippen molar-refractivity contribution in [2.24, 2.45) is 5.84 Å². The van der Waals surface area contributed by atoms with Gasteiger partial charge in [-0.25, -0.2) is 14.3 Å². The molecule has 0 aromatic rings. The number of hydrogen-bond donors (Lipinski definition) is 2. The van der Waals surface area contributed by atoms with E-state index in [9.17, 15) is 13.2 Å². The van der Waals surface area contributed by atoms with E-state index in [2.05, 4.69) is 10.3 Å². The first kappa shape index (κ1) is 17.7. The van der Waals surface area contributed by atoms with Gasteiger partial charge in [0.1, 0.15) is 5.37 Å². The van der Waals surface area contributed by atoms with Crippen molar-refractivity contribution in [2.75, 3.05) is 30.3 Å². The summed E-state index contributed by atoms with van der Waals surface area (Å²) in [4.78, 5) is 13.1. The fourth-order valence-electron chi connectivity index (χ4n) is 2.24. The summed E-state index contributed by atoms with van der Waals surface area (Å²) >= 11 is 1.71. The topological polar surface area (TPSA) is 92.5 Å². The highest BCUT2D eigenvalue weighted by molar-refractivity contribution is 8.01. The normalized spacial score (nSPS) is 20.8. The number of unbranched alkanes of at least 4 members (excludes halogenated alkanes) is 2. The minimum Gasteiger partial charge on any atom is -0.294 e. The molecule has 1 unspecified atom stereocenters. The van der Waals surface area contributed by atoms with Crippen LogP contribution in [-0.2, 0) is 14.6 Å². The molecule has 1 fully saturated rings. The molecule has 8 heteroatoms. The van der Waals surface area contributed by atoms with Crippen molar-refractivity contribution in [3.63, 3.8) is 0 Å². The second kappa shape index (κ2) is 8.86. The van der Waals surface area contributed by atoms with Gasteiger partial charge in [0.25, 0.3) is 0 Å². The van der Waals surface area contributed by atoms with E-state index in [1.54, 1.807) is 18.7 Å². The molecule has 1 heterocycles. The number of nitrogens with zero attached hydrogens (tertiary/aromatic N) is 1. The molecular weight excluding hydrogens is 298 g/mol. The number of hydrogen-bond acceptors (Lipinski definition) is 6. The molecule has 0 saturated carbocycles. The number of thioether (sulfide) groups is 1. The zero-order chi connectivity index (χ0) is 15.0. The van der Waals surface area contributed by atoms with Gasteiger partial charge in [0.15, 0.2) is 9.84 Å². The van der Waals surface area contributed by atoms with E-state index in [0.29, 0.717) is 12.2 Å². The molecule has 1 amide bonds. The summed E-state index contributed by atoms with van der Waals surface area (Å²) in [7, 11) is -3.01. The van der Waals surface area contributed by atoms with E-state index in [0.717, 1.165) is 38.1 Å². The van der Waals surface area contributed by atoms with Crippen molar-refractivity contribution >= 4 is 27.5 Å². The third kappa shape index (κ3) is 5.59. The largest absolute Gasteiger partial charge is 0.294 e. The molecule has 1 saturated heterocycles. The maximum atomic E-state index is 12.1. The Morgan fingerprint density at radius 1 is 1.40 bits per heavy atom. The Kier molecular flexibility index (Phi) is 7.86. The molecule has 20 heavy (non-hydrogen) atoms. The van der Waals surface area contributed by atoms with Crippen LogP contribution in [-0.4, -0.2) is 54.9 Å². The average Bonchev–Trinajstić information content (AvgIpc) is 2.47. The van der Waals surface area contributed by atoms with Crippen LogP contribution in [0.5, 0.6) is 0 Å². The fraction of sp³-hybridized carbons (Fsp3) is 0.917. The number of amides is 1. The highest BCUT2D eigenvalue weighted by Crippen LogP contribution is 2.22. The molecule has 0 aromatic heterocycles. The van der Waals surface area contributed by atoms with Crippen LogP contribution in [0.4, 0.5) is 0 Å². The smallest absolute Gasteiger partial charge is 0.233 e. The quantitative estimate of drug-likeness (QED) is 0.290. The van der Waals surface area contributed by atoms with Gasteiger partial charge in [0, 0.05) is 30.2 Å². The van der Waals surface area contributed by atoms with E-state index < -0.39 is 9.84 Å². The fourth-order valence-corrected chi connectivity index (χ4v) is 5.35. The summed E-state index contributed by atoms with van der Waals surface area (Å²) in [6, 6.07) is 0. The molecular formula is C12H25N3O3S2. The van der Waals surface area contributed by atoms with E-state index in [4.69, 9.17) is 5.84 Å². The number of sulfone groups is 1. The Morgan fingerprint density at radius 3 is 2.80 bits per heavy atom. The molecule has 1 rings (SSSR count). The number of carbonyl (C=O) groups is 1. The summed E-state index contributed by atoms with van der Waals surface area (Å²) in [5, 5.41) is -0.335. The van der Waals surface area contributed by atoms with Gasteiger partial charge in [-0.3, -0.25) is 15.1 Å². The van der Waals surface area contributed by atoms with Gasteiger partial charge in [-0.1, -0.05) is 13.3 Å². The number of rotatable bonds is 8. The average molecular weight is 323 g/mol. The first-order valence-corrected chi connectivity index (χ1v) is 9.91. The first-order chi connectivity index (χ1) is 9.51. The zero-order valence-electron chi connectivity index (χ0n) is 12.0. The number of nitrogens with two attached hydrogens (primary N) is 1. The molecule has 1 aliphatic rings. The third-order valence-corrected chi connectivity index (χ3v) is 6.85. The monoisotopic (exact) mass is 323 g/mol. The van der Waals surface area contributed by atoms with E-state index in [-0.39, 0.29) is 17.0 Å². The number of hydrazine groups is 1. The first-order valence-electron chi connectivity index (χ1n) is 7.04. The third-order valence-electron chi connectivity index (χ3n) is 3.52. The number of carbonyl (C=O) groups excluding carboxylic acids is 1. The molecule has 0 bridgehead atoms. The van der Waals surface area contributed by atoms with Crippen molar-refractivity contribution in [1.29, 1.82) is 0 Å². The van der Waals surface area contributed by atoms with Crippen molar-refractivity contribution < 1.29 is 13.2 Å². The lowest BCUT2D eigenvalue weighted by atomic mass is 10.2. The lowest BCUT2D eigenvalue weighted by Gasteiger charge is -2.34. The second-order valence-electron chi connectivity index (χ2n) is 4.90. The highest BCUT2D eigenvalue weighted by atomic mass is 32.2. The standard InChI is InChI=1S/C12H25N3O3S2/c1-2-20(17,18)12-10-19-9-8-15(12)7-5-3-4-6-11(16)14-13/h12H,2-10,13H2,1H3,(H,14,16). The van der Waals surface area contributed by atoms with Crippen molar-refractivity contribution in [2.45, 2.75) is 38.0 Å². The molecule has 6 nitrogen and oxygen atoms in total. The summed E-state index contributed by atoms with van der Waals surface area (Å²) in [5.41, 5.74) is 2.11.